The van der Waals surface area contributed by atoms with Crippen LogP contribution in [0.15, 0.2) is 54.7 Å². The number of carbonyl (C=O) groups is 1. The molecule has 21 heavy (non-hydrogen) atoms. The van der Waals surface area contributed by atoms with Crippen LogP contribution >= 0.6 is 11.6 Å². The number of carbonyl (C=O) groups excluding carboxylic acids is 1. The van der Waals surface area contributed by atoms with E-state index < -0.39 is 0 Å². The summed E-state index contributed by atoms with van der Waals surface area (Å²) in [6, 6.07) is 14.7. The van der Waals surface area contributed by atoms with E-state index in [1.165, 1.54) is 0 Å². The first-order valence-corrected chi connectivity index (χ1v) is 6.93. The number of aromatic nitrogens is 1. The van der Waals surface area contributed by atoms with Crippen LogP contribution in [0.3, 0.4) is 0 Å². The molecule has 0 saturated carbocycles. The first-order valence-electron chi connectivity index (χ1n) is 6.56. The van der Waals surface area contributed by atoms with Gasteiger partial charge in [0.15, 0.2) is 0 Å². The van der Waals surface area contributed by atoms with E-state index in [4.69, 9.17) is 11.6 Å². The Bertz CT molecular complexity index is 813. The maximum absolute atomic E-state index is 12.3. The number of nitrogens with one attached hydrogen (secondary N) is 1. The van der Waals surface area contributed by atoms with Gasteiger partial charge in [0.25, 0.3) is 5.91 Å². The number of anilines is 1. The quantitative estimate of drug-likeness (QED) is 0.759. The summed E-state index contributed by atoms with van der Waals surface area (Å²) in [5.74, 6) is -0.141. The van der Waals surface area contributed by atoms with Gasteiger partial charge in [-0.25, -0.2) is 0 Å². The van der Waals surface area contributed by atoms with Gasteiger partial charge in [-0.15, -0.1) is 0 Å². The van der Waals surface area contributed by atoms with Crippen molar-refractivity contribution in [2.75, 3.05) is 5.32 Å². The molecule has 3 aromatic rings. The summed E-state index contributed by atoms with van der Waals surface area (Å²) in [6.07, 6.45) is 1.66. The molecule has 1 N–H and O–H groups in total. The Labute approximate surface area is 127 Å². The second kappa shape index (κ2) is 5.54. The van der Waals surface area contributed by atoms with Gasteiger partial charge in [0.1, 0.15) is 0 Å². The van der Waals surface area contributed by atoms with Crippen molar-refractivity contribution in [1.29, 1.82) is 0 Å². The third-order valence-corrected chi connectivity index (χ3v) is 3.50. The molecule has 0 aliphatic rings. The summed E-state index contributed by atoms with van der Waals surface area (Å²) in [5, 5.41) is 4.40. The minimum absolute atomic E-state index is 0.141. The maximum atomic E-state index is 12.3. The number of halogens is 1. The number of rotatable bonds is 2. The molecular weight excluding hydrogens is 284 g/mol. The van der Waals surface area contributed by atoms with Crippen molar-refractivity contribution in [2.45, 2.75) is 6.92 Å². The van der Waals surface area contributed by atoms with Gasteiger partial charge in [-0.3, -0.25) is 9.78 Å². The van der Waals surface area contributed by atoms with Crippen LogP contribution in [0.4, 0.5) is 5.69 Å². The molecule has 104 valence electrons. The van der Waals surface area contributed by atoms with Crippen molar-refractivity contribution in [3.8, 4) is 0 Å². The van der Waals surface area contributed by atoms with Gasteiger partial charge in [-0.05, 0) is 43.3 Å². The molecule has 0 radical (unpaired) electrons. The first kappa shape index (κ1) is 13.6. The minimum atomic E-state index is -0.141. The van der Waals surface area contributed by atoms with Gasteiger partial charge in [0.05, 0.1) is 11.2 Å². The molecule has 0 aliphatic carbocycles. The molecule has 2 aromatic carbocycles. The predicted molar refractivity (Wildman–Crippen MR) is 85.9 cm³/mol. The van der Waals surface area contributed by atoms with Crippen molar-refractivity contribution in [3.63, 3.8) is 0 Å². The summed E-state index contributed by atoms with van der Waals surface area (Å²) in [4.78, 5) is 16.5. The number of fused-ring (bicyclic) bond motifs is 1. The molecule has 1 heterocycles. The lowest BCUT2D eigenvalue weighted by atomic mass is 10.1. The number of pyridine rings is 1. The zero-order valence-electron chi connectivity index (χ0n) is 11.4. The highest BCUT2D eigenvalue weighted by Gasteiger charge is 2.08. The molecule has 4 heteroatoms. The summed E-state index contributed by atoms with van der Waals surface area (Å²) in [7, 11) is 0. The highest BCUT2D eigenvalue weighted by molar-refractivity contribution is 6.31. The van der Waals surface area contributed by atoms with Crippen LogP contribution in [0.25, 0.3) is 10.9 Å². The Morgan fingerprint density at radius 3 is 2.62 bits per heavy atom. The van der Waals surface area contributed by atoms with Crippen molar-refractivity contribution < 1.29 is 4.79 Å². The normalized spacial score (nSPS) is 10.6. The standard InChI is InChI=1S/C17H13ClN2O/c1-11-2-4-12(5-3-11)17(21)20-15-8-9-19-16-10-13(18)6-7-14(15)16/h2-10H,1H3,(H,19,20,21). The Morgan fingerprint density at radius 1 is 1.10 bits per heavy atom. The van der Waals surface area contributed by atoms with Crippen LogP contribution in [-0.2, 0) is 0 Å². The molecule has 3 rings (SSSR count). The third-order valence-electron chi connectivity index (χ3n) is 3.27. The topological polar surface area (TPSA) is 42.0 Å². The van der Waals surface area contributed by atoms with E-state index in [1.54, 1.807) is 24.4 Å². The second-order valence-electron chi connectivity index (χ2n) is 4.84. The minimum Gasteiger partial charge on any atom is -0.321 e. The van der Waals surface area contributed by atoms with Gasteiger partial charge < -0.3 is 5.32 Å². The zero-order chi connectivity index (χ0) is 14.8. The fraction of sp³-hybridized carbons (Fsp3) is 0.0588. The van der Waals surface area contributed by atoms with Gasteiger partial charge in [0, 0.05) is 22.2 Å². The summed E-state index contributed by atoms with van der Waals surface area (Å²) in [5.41, 5.74) is 3.22. The van der Waals surface area contributed by atoms with Crippen molar-refractivity contribution >= 4 is 34.1 Å². The monoisotopic (exact) mass is 296 g/mol. The molecule has 0 spiro atoms. The smallest absolute Gasteiger partial charge is 0.255 e. The van der Waals surface area contributed by atoms with Crippen LogP contribution in [0.2, 0.25) is 5.02 Å². The van der Waals surface area contributed by atoms with Gasteiger partial charge in [0.2, 0.25) is 0 Å². The maximum Gasteiger partial charge on any atom is 0.255 e. The SMILES string of the molecule is Cc1ccc(C(=O)Nc2ccnc3cc(Cl)ccc23)cc1. The molecule has 0 unspecified atom stereocenters. The number of hydrogen-bond donors (Lipinski definition) is 1. The molecule has 1 aromatic heterocycles. The highest BCUT2D eigenvalue weighted by atomic mass is 35.5. The van der Waals surface area contributed by atoms with Crippen LogP contribution in [0.5, 0.6) is 0 Å². The van der Waals surface area contributed by atoms with Crippen molar-refractivity contribution in [2.24, 2.45) is 0 Å². The number of amides is 1. The second-order valence-corrected chi connectivity index (χ2v) is 5.28. The fourth-order valence-electron chi connectivity index (χ4n) is 2.13. The van der Waals surface area contributed by atoms with Crippen LogP contribution in [0, 0.1) is 6.92 Å². The summed E-state index contributed by atoms with van der Waals surface area (Å²) < 4.78 is 0. The highest BCUT2D eigenvalue weighted by Crippen LogP contribution is 2.24. The zero-order valence-corrected chi connectivity index (χ0v) is 12.2. The first-order chi connectivity index (χ1) is 10.1. The molecule has 0 atom stereocenters. The van der Waals surface area contributed by atoms with Gasteiger partial charge in [-0.1, -0.05) is 29.3 Å². The number of hydrogen-bond acceptors (Lipinski definition) is 2. The lowest BCUT2D eigenvalue weighted by molar-refractivity contribution is 0.102. The molecule has 0 aliphatic heterocycles. The van der Waals surface area contributed by atoms with E-state index >= 15 is 0 Å². The van der Waals surface area contributed by atoms with E-state index in [2.05, 4.69) is 10.3 Å². The van der Waals surface area contributed by atoms with Crippen LogP contribution in [-0.4, -0.2) is 10.9 Å². The molecule has 0 saturated heterocycles. The molecule has 0 fully saturated rings. The Kier molecular flexibility index (Phi) is 3.59. The lowest BCUT2D eigenvalue weighted by Crippen LogP contribution is -2.12. The van der Waals surface area contributed by atoms with Gasteiger partial charge >= 0.3 is 0 Å². The summed E-state index contributed by atoms with van der Waals surface area (Å²) in [6.45, 7) is 1.99. The number of aryl methyl sites for hydroxylation is 1. The Morgan fingerprint density at radius 2 is 1.86 bits per heavy atom. The van der Waals surface area contributed by atoms with E-state index in [1.807, 2.05) is 37.3 Å². The van der Waals surface area contributed by atoms with E-state index in [0.717, 1.165) is 22.2 Å². The Balaban J connectivity index is 1.94. The van der Waals surface area contributed by atoms with Crippen molar-refractivity contribution in [1.82, 2.24) is 4.98 Å². The van der Waals surface area contributed by atoms with Gasteiger partial charge in [-0.2, -0.15) is 0 Å². The number of benzene rings is 2. The summed E-state index contributed by atoms with van der Waals surface area (Å²) >= 11 is 5.96. The van der Waals surface area contributed by atoms with Crippen LogP contribution < -0.4 is 5.32 Å². The van der Waals surface area contributed by atoms with E-state index in [9.17, 15) is 4.79 Å². The number of nitrogens with zero attached hydrogens (tertiary/aromatic N) is 1. The average Bonchev–Trinajstić information content (AvgIpc) is 2.47. The largest absolute Gasteiger partial charge is 0.321 e. The average molecular weight is 297 g/mol. The van der Waals surface area contributed by atoms with E-state index in [0.29, 0.717) is 10.6 Å². The molecule has 1 amide bonds. The van der Waals surface area contributed by atoms with E-state index in [-0.39, 0.29) is 5.91 Å². The molecule has 0 bridgehead atoms. The fourth-order valence-corrected chi connectivity index (χ4v) is 2.30. The predicted octanol–water partition coefficient (Wildman–Crippen LogP) is 4.45. The molecular formula is C17H13ClN2O. The molecule has 3 nitrogen and oxygen atoms in total. The third kappa shape index (κ3) is 2.88. The van der Waals surface area contributed by atoms with Crippen molar-refractivity contribution in [3.05, 3.63) is 70.9 Å². The lowest BCUT2D eigenvalue weighted by Gasteiger charge is -2.08. The Hall–Kier alpha value is -2.39. The van der Waals surface area contributed by atoms with Crippen LogP contribution in [0.1, 0.15) is 15.9 Å².